The number of aliphatic carboxylic acids is 1. The number of hydrogen-bond acceptors (Lipinski definition) is 5. The maximum absolute atomic E-state index is 12.3. The van der Waals surface area contributed by atoms with Crippen LogP contribution in [0.2, 0.25) is 0 Å². The zero-order valence-electron chi connectivity index (χ0n) is 14.6. The maximum Gasteiger partial charge on any atom is 0.331 e. The molecule has 1 amide bonds. The summed E-state index contributed by atoms with van der Waals surface area (Å²) in [6, 6.07) is 5.46. The largest absolute Gasteiger partial charge is 0.479 e. The van der Waals surface area contributed by atoms with Crippen LogP contribution in [0, 0.1) is 0 Å². The van der Waals surface area contributed by atoms with Crippen LogP contribution in [-0.2, 0) is 20.4 Å². The summed E-state index contributed by atoms with van der Waals surface area (Å²) < 4.78 is 27.4. The lowest BCUT2D eigenvalue weighted by atomic mass is 10.1. The van der Waals surface area contributed by atoms with Crippen molar-refractivity contribution in [3.63, 3.8) is 0 Å². The van der Waals surface area contributed by atoms with Gasteiger partial charge in [0.2, 0.25) is 10.0 Å². The number of aromatic nitrogens is 2. The van der Waals surface area contributed by atoms with Gasteiger partial charge >= 0.3 is 5.97 Å². The molecular formula is C16H20N4O5S. The second kappa shape index (κ2) is 7.26. The molecule has 3 N–H and O–H groups in total. The predicted molar refractivity (Wildman–Crippen MR) is 94.4 cm³/mol. The van der Waals surface area contributed by atoms with E-state index in [1.54, 1.807) is 6.92 Å². The van der Waals surface area contributed by atoms with E-state index in [-0.39, 0.29) is 17.0 Å². The Hall–Kier alpha value is -2.72. The normalized spacial score (nSPS) is 12.0. The molecule has 0 saturated carbocycles. The van der Waals surface area contributed by atoms with E-state index in [2.05, 4.69) is 15.1 Å². The van der Waals surface area contributed by atoms with Gasteiger partial charge in [-0.05, 0) is 38.1 Å². The van der Waals surface area contributed by atoms with Gasteiger partial charge in [-0.1, -0.05) is 6.92 Å². The van der Waals surface area contributed by atoms with Gasteiger partial charge in [0.25, 0.3) is 5.91 Å². The van der Waals surface area contributed by atoms with Crippen molar-refractivity contribution in [3.8, 4) is 0 Å². The Morgan fingerprint density at radius 3 is 2.38 bits per heavy atom. The SMILES string of the molecule is CCNS(=O)(=O)c1ccc(C(=O)Nc2cnn(C(C)(C)C(=O)O)c2)cc1. The monoisotopic (exact) mass is 380 g/mol. The summed E-state index contributed by atoms with van der Waals surface area (Å²) in [7, 11) is -3.58. The van der Waals surface area contributed by atoms with Gasteiger partial charge in [0.05, 0.1) is 16.8 Å². The summed E-state index contributed by atoms with van der Waals surface area (Å²) in [6.07, 6.45) is 2.75. The molecule has 0 radical (unpaired) electrons. The standard InChI is InChI=1S/C16H20N4O5S/c1-4-18-26(24,25)13-7-5-11(6-8-13)14(21)19-12-9-17-20(10-12)16(2,3)15(22)23/h5-10,18H,4H2,1-3H3,(H,19,21)(H,22,23). The first-order valence-electron chi connectivity index (χ1n) is 7.77. The van der Waals surface area contributed by atoms with Crippen LogP contribution in [0.1, 0.15) is 31.1 Å². The van der Waals surface area contributed by atoms with Crippen molar-refractivity contribution in [1.29, 1.82) is 0 Å². The van der Waals surface area contributed by atoms with Gasteiger partial charge in [-0.3, -0.25) is 9.48 Å². The minimum absolute atomic E-state index is 0.0620. The molecule has 2 aromatic rings. The summed E-state index contributed by atoms with van der Waals surface area (Å²) in [4.78, 5) is 23.6. The van der Waals surface area contributed by atoms with Crippen LogP contribution in [0.25, 0.3) is 0 Å². The fourth-order valence-corrected chi connectivity index (χ4v) is 3.09. The first-order chi connectivity index (χ1) is 12.1. The molecular weight excluding hydrogens is 360 g/mol. The van der Waals surface area contributed by atoms with Crippen LogP contribution in [-0.4, -0.2) is 41.7 Å². The van der Waals surface area contributed by atoms with Crippen molar-refractivity contribution in [2.45, 2.75) is 31.2 Å². The number of carboxylic acids is 1. The van der Waals surface area contributed by atoms with Crippen LogP contribution < -0.4 is 10.0 Å². The lowest BCUT2D eigenvalue weighted by Gasteiger charge is -2.19. The van der Waals surface area contributed by atoms with Gasteiger partial charge in [0.15, 0.2) is 5.54 Å². The second-order valence-corrected chi connectivity index (χ2v) is 7.78. The quantitative estimate of drug-likeness (QED) is 0.663. The van der Waals surface area contributed by atoms with Crippen molar-refractivity contribution >= 4 is 27.6 Å². The van der Waals surface area contributed by atoms with Crippen molar-refractivity contribution in [2.75, 3.05) is 11.9 Å². The van der Waals surface area contributed by atoms with Crippen LogP contribution >= 0.6 is 0 Å². The van der Waals surface area contributed by atoms with Crippen LogP contribution in [0.5, 0.6) is 0 Å². The van der Waals surface area contributed by atoms with Gasteiger partial charge in [0.1, 0.15) is 0 Å². The molecule has 10 heteroatoms. The van der Waals surface area contributed by atoms with E-state index >= 15 is 0 Å². The smallest absolute Gasteiger partial charge is 0.331 e. The lowest BCUT2D eigenvalue weighted by molar-refractivity contribution is -0.146. The highest BCUT2D eigenvalue weighted by Crippen LogP contribution is 2.18. The highest BCUT2D eigenvalue weighted by atomic mass is 32.2. The average molecular weight is 380 g/mol. The Kier molecular flexibility index (Phi) is 5.47. The fourth-order valence-electron chi connectivity index (χ4n) is 2.05. The highest BCUT2D eigenvalue weighted by Gasteiger charge is 2.30. The van der Waals surface area contributed by atoms with Gasteiger partial charge in [0, 0.05) is 18.3 Å². The van der Waals surface area contributed by atoms with Gasteiger partial charge in [-0.2, -0.15) is 5.10 Å². The van der Waals surface area contributed by atoms with Crippen molar-refractivity contribution in [3.05, 3.63) is 42.2 Å². The van der Waals surface area contributed by atoms with E-state index in [0.29, 0.717) is 5.69 Å². The van der Waals surface area contributed by atoms with Crippen molar-refractivity contribution in [1.82, 2.24) is 14.5 Å². The van der Waals surface area contributed by atoms with E-state index in [4.69, 9.17) is 0 Å². The molecule has 0 aliphatic heterocycles. The van der Waals surface area contributed by atoms with Crippen molar-refractivity contribution in [2.24, 2.45) is 0 Å². The molecule has 9 nitrogen and oxygen atoms in total. The van der Waals surface area contributed by atoms with Crippen molar-refractivity contribution < 1.29 is 23.1 Å². The minimum atomic E-state index is -3.58. The van der Waals surface area contributed by atoms with Crippen LogP contribution in [0.15, 0.2) is 41.6 Å². The Balaban J connectivity index is 2.14. The Morgan fingerprint density at radius 1 is 1.23 bits per heavy atom. The van der Waals surface area contributed by atoms with E-state index in [9.17, 15) is 23.1 Å². The summed E-state index contributed by atoms with van der Waals surface area (Å²) >= 11 is 0. The number of carbonyl (C=O) groups is 2. The van der Waals surface area contributed by atoms with Crippen LogP contribution in [0.3, 0.4) is 0 Å². The number of sulfonamides is 1. The molecule has 0 saturated heterocycles. The molecule has 0 aliphatic carbocycles. The van der Waals surface area contributed by atoms with Gasteiger partial charge in [-0.25, -0.2) is 17.9 Å². The summed E-state index contributed by atoms with van der Waals surface area (Å²) in [5, 5.41) is 15.7. The molecule has 1 aromatic heterocycles. The molecule has 0 fully saturated rings. The first kappa shape index (κ1) is 19.6. The number of carboxylic acid groups (broad SMARTS) is 1. The third kappa shape index (κ3) is 4.09. The number of amides is 1. The Bertz CT molecular complexity index is 916. The fraction of sp³-hybridized carbons (Fsp3) is 0.312. The van der Waals surface area contributed by atoms with Gasteiger partial charge in [-0.15, -0.1) is 0 Å². The minimum Gasteiger partial charge on any atom is -0.479 e. The van der Waals surface area contributed by atoms with Gasteiger partial charge < -0.3 is 10.4 Å². The topological polar surface area (TPSA) is 130 Å². The lowest BCUT2D eigenvalue weighted by Crippen LogP contribution is -2.35. The molecule has 2 rings (SSSR count). The maximum atomic E-state index is 12.3. The Labute approximate surface area is 151 Å². The summed E-state index contributed by atoms with van der Waals surface area (Å²) in [5.41, 5.74) is -0.676. The first-order valence-corrected chi connectivity index (χ1v) is 9.26. The number of nitrogens with zero attached hydrogens (tertiary/aromatic N) is 2. The number of hydrogen-bond donors (Lipinski definition) is 3. The zero-order chi connectivity index (χ0) is 19.5. The van der Waals surface area contributed by atoms with E-state index in [0.717, 1.165) is 0 Å². The third-order valence-electron chi connectivity index (χ3n) is 3.70. The third-order valence-corrected chi connectivity index (χ3v) is 5.26. The molecule has 0 atom stereocenters. The molecule has 140 valence electrons. The number of carbonyl (C=O) groups excluding carboxylic acids is 1. The number of benzene rings is 1. The number of nitrogens with one attached hydrogen (secondary N) is 2. The average Bonchev–Trinajstić information content (AvgIpc) is 3.04. The molecule has 0 unspecified atom stereocenters. The van der Waals surface area contributed by atoms with E-state index in [1.807, 2.05) is 0 Å². The van der Waals surface area contributed by atoms with E-state index < -0.39 is 27.4 Å². The molecule has 26 heavy (non-hydrogen) atoms. The predicted octanol–water partition coefficient (Wildman–Crippen LogP) is 1.25. The summed E-state index contributed by atoms with van der Waals surface area (Å²) in [5.74, 6) is -1.53. The number of anilines is 1. The highest BCUT2D eigenvalue weighted by molar-refractivity contribution is 7.89. The van der Waals surface area contributed by atoms with Crippen LogP contribution in [0.4, 0.5) is 5.69 Å². The zero-order valence-corrected chi connectivity index (χ0v) is 15.4. The molecule has 1 heterocycles. The van der Waals surface area contributed by atoms with E-state index in [1.165, 1.54) is 55.2 Å². The molecule has 0 aliphatic rings. The number of rotatable bonds is 7. The second-order valence-electron chi connectivity index (χ2n) is 6.02. The summed E-state index contributed by atoms with van der Waals surface area (Å²) in [6.45, 7) is 4.90. The molecule has 1 aromatic carbocycles. The molecule has 0 spiro atoms. The molecule has 0 bridgehead atoms. The Morgan fingerprint density at radius 2 is 1.85 bits per heavy atom.